The molecule has 6 heteroatoms. The van der Waals surface area contributed by atoms with Crippen LogP contribution in [0.1, 0.15) is 62.0 Å². The lowest BCUT2D eigenvalue weighted by Gasteiger charge is -2.54. The number of aliphatic hydroxyl groups excluding tert-OH is 1. The minimum Gasteiger partial charge on any atom is -0.378 e. The summed E-state index contributed by atoms with van der Waals surface area (Å²) in [5, 5.41) is 11.2. The van der Waals surface area contributed by atoms with Crippen molar-refractivity contribution in [1.29, 1.82) is 0 Å². The molecule has 1 saturated heterocycles. The van der Waals surface area contributed by atoms with Crippen LogP contribution in [0.2, 0.25) is 0 Å². The maximum absolute atomic E-state index is 11.7. The first-order chi connectivity index (χ1) is 15.3. The number of hydrogen-bond acceptors (Lipinski definition) is 4. The summed E-state index contributed by atoms with van der Waals surface area (Å²) in [6.07, 6.45) is 8.45. The number of piperidine rings is 1. The van der Waals surface area contributed by atoms with Gasteiger partial charge in [-0.15, -0.1) is 0 Å². The molecule has 172 valence electrons. The first kappa shape index (κ1) is 21.9. The van der Waals surface area contributed by atoms with Gasteiger partial charge in [-0.1, -0.05) is 48.9 Å². The average Bonchev–Trinajstić information content (AvgIpc) is 2.73. The lowest BCUT2D eigenvalue weighted by atomic mass is 9.62. The van der Waals surface area contributed by atoms with Gasteiger partial charge in [-0.2, -0.15) is 0 Å². The molecule has 0 amide bonds. The minimum absolute atomic E-state index is 0.0838. The number of nitrogens with one attached hydrogen (secondary N) is 1. The van der Waals surface area contributed by atoms with E-state index in [4.69, 9.17) is 0 Å². The molecular weight excluding hydrogens is 420 g/mol. The van der Waals surface area contributed by atoms with Crippen LogP contribution < -0.4 is 4.72 Å². The van der Waals surface area contributed by atoms with E-state index in [1.165, 1.54) is 17.4 Å². The van der Waals surface area contributed by atoms with Crippen LogP contribution in [0.15, 0.2) is 54.6 Å². The summed E-state index contributed by atoms with van der Waals surface area (Å²) in [6, 6.07) is 19.0. The van der Waals surface area contributed by atoms with E-state index in [2.05, 4.69) is 46.0 Å². The number of aliphatic hydroxyl groups is 1. The van der Waals surface area contributed by atoms with E-state index >= 15 is 0 Å². The number of anilines is 1. The third kappa shape index (κ3) is 4.33. The van der Waals surface area contributed by atoms with E-state index < -0.39 is 10.0 Å². The summed E-state index contributed by atoms with van der Waals surface area (Å²) in [4.78, 5) is 2.38. The topological polar surface area (TPSA) is 69.6 Å². The van der Waals surface area contributed by atoms with E-state index in [0.717, 1.165) is 51.5 Å². The van der Waals surface area contributed by atoms with Crippen molar-refractivity contribution in [2.75, 3.05) is 17.5 Å². The molecule has 2 bridgehead atoms. The second-order valence-corrected chi connectivity index (χ2v) is 12.0. The first-order valence-electron chi connectivity index (χ1n) is 11.9. The number of hydrogen-bond donors (Lipinski definition) is 2. The summed E-state index contributed by atoms with van der Waals surface area (Å²) in [5.74, 6) is 0.938. The van der Waals surface area contributed by atoms with Crippen LogP contribution in [-0.4, -0.2) is 43.5 Å². The van der Waals surface area contributed by atoms with Gasteiger partial charge in [-0.3, -0.25) is 9.62 Å². The molecule has 1 heterocycles. The molecule has 3 atom stereocenters. The van der Waals surface area contributed by atoms with Crippen LogP contribution in [0, 0.1) is 5.92 Å². The van der Waals surface area contributed by atoms with E-state index in [1.54, 1.807) is 0 Å². The van der Waals surface area contributed by atoms with Gasteiger partial charge in [0.15, 0.2) is 0 Å². The highest BCUT2D eigenvalue weighted by Crippen LogP contribution is 2.50. The lowest BCUT2D eigenvalue weighted by molar-refractivity contribution is -0.118. The summed E-state index contributed by atoms with van der Waals surface area (Å²) >= 11 is 0. The van der Waals surface area contributed by atoms with Crippen molar-refractivity contribution in [1.82, 2.24) is 4.90 Å². The van der Waals surface area contributed by atoms with Crippen molar-refractivity contribution < 1.29 is 13.5 Å². The highest BCUT2D eigenvalue weighted by molar-refractivity contribution is 7.92. The van der Waals surface area contributed by atoms with Crippen LogP contribution >= 0.6 is 0 Å². The maximum atomic E-state index is 11.7. The van der Waals surface area contributed by atoms with Gasteiger partial charge in [0.2, 0.25) is 10.0 Å². The molecule has 1 aliphatic heterocycles. The number of benzene rings is 2. The normalized spacial score (nSPS) is 31.5. The number of nitrogens with zero attached hydrogens (tertiary/aromatic N) is 1. The third-order valence-corrected chi connectivity index (χ3v) is 8.73. The first-order valence-corrected chi connectivity index (χ1v) is 13.8. The molecule has 2 aromatic rings. The van der Waals surface area contributed by atoms with E-state index in [9.17, 15) is 13.5 Å². The van der Waals surface area contributed by atoms with Crippen molar-refractivity contribution in [3.05, 3.63) is 65.7 Å². The van der Waals surface area contributed by atoms with Crippen molar-refractivity contribution >= 4 is 15.7 Å². The van der Waals surface area contributed by atoms with Gasteiger partial charge in [0.05, 0.1) is 6.26 Å². The van der Waals surface area contributed by atoms with Crippen LogP contribution in [-0.2, 0) is 15.4 Å². The second kappa shape index (κ2) is 8.47. The fourth-order valence-electron chi connectivity index (χ4n) is 6.42. The Kier molecular flexibility index (Phi) is 5.81. The fraction of sp³-hybridized carbons (Fsp3) is 0.538. The standard InChI is InChI=1S/C26H34N2O3S/c1-32(30,31)27-23-10-5-9-22(17-23)26-12-6-11-24(18-26)28(14-13-26)25(29)21-15-20(16-21)19-7-3-2-4-8-19/h2-5,7-10,17,20-21,24-25,27,29H,6,11-16,18H2,1H3. The molecule has 32 heavy (non-hydrogen) atoms. The molecule has 3 unspecified atom stereocenters. The summed E-state index contributed by atoms with van der Waals surface area (Å²) in [5.41, 5.74) is 3.36. The van der Waals surface area contributed by atoms with Gasteiger partial charge >= 0.3 is 0 Å². The Morgan fingerprint density at radius 1 is 1.09 bits per heavy atom. The molecule has 5 nitrogen and oxygen atoms in total. The average molecular weight is 455 g/mol. The molecule has 0 aromatic heterocycles. The van der Waals surface area contributed by atoms with Crippen LogP contribution in [0.4, 0.5) is 5.69 Å². The molecule has 0 spiro atoms. The van der Waals surface area contributed by atoms with E-state index in [0.29, 0.717) is 23.6 Å². The van der Waals surface area contributed by atoms with Gasteiger partial charge in [0.25, 0.3) is 0 Å². The van der Waals surface area contributed by atoms with Crippen molar-refractivity contribution in [2.45, 2.75) is 68.5 Å². The molecule has 5 rings (SSSR count). The highest BCUT2D eigenvalue weighted by atomic mass is 32.2. The van der Waals surface area contributed by atoms with Gasteiger partial charge in [0, 0.05) is 18.3 Å². The lowest BCUT2D eigenvalue weighted by Crippen LogP contribution is -2.57. The van der Waals surface area contributed by atoms with Crippen LogP contribution in [0.5, 0.6) is 0 Å². The zero-order chi connectivity index (χ0) is 22.3. The molecule has 2 aliphatic carbocycles. The quantitative estimate of drug-likeness (QED) is 0.676. The number of rotatable bonds is 6. The molecule has 2 saturated carbocycles. The Hall–Kier alpha value is -1.89. The van der Waals surface area contributed by atoms with Gasteiger partial charge in [0.1, 0.15) is 6.23 Å². The minimum atomic E-state index is -3.29. The van der Waals surface area contributed by atoms with E-state index in [-0.39, 0.29) is 11.6 Å². The Morgan fingerprint density at radius 3 is 2.62 bits per heavy atom. The predicted octanol–water partition coefficient (Wildman–Crippen LogP) is 4.46. The van der Waals surface area contributed by atoms with Gasteiger partial charge in [-0.25, -0.2) is 8.42 Å². The smallest absolute Gasteiger partial charge is 0.229 e. The Morgan fingerprint density at radius 2 is 1.88 bits per heavy atom. The molecule has 2 N–H and O–H groups in total. The SMILES string of the molecule is CS(=O)(=O)Nc1cccc(C23CCCC(C2)N(C(O)C2CC(c4ccccc4)C2)CC3)c1. The van der Waals surface area contributed by atoms with Crippen molar-refractivity contribution in [3.63, 3.8) is 0 Å². The van der Waals surface area contributed by atoms with Crippen molar-refractivity contribution in [3.8, 4) is 0 Å². The van der Waals surface area contributed by atoms with E-state index in [1.807, 2.05) is 18.2 Å². The molecule has 2 aromatic carbocycles. The molecule has 3 aliphatic rings. The Labute approximate surface area is 191 Å². The monoisotopic (exact) mass is 454 g/mol. The van der Waals surface area contributed by atoms with Gasteiger partial charge in [-0.05, 0) is 79.0 Å². The Bertz CT molecular complexity index is 1050. The molecule has 3 fully saturated rings. The van der Waals surface area contributed by atoms with Crippen molar-refractivity contribution in [2.24, 2.45) is 5.92 Å². The summed E-state index contributed by atoms with van der Waals surface area (Å²) in [7, 11) is -3.29. The number of fused-ring (bicyclic) bond motifs is 2. The Balaban J connectivity index is 1.27. The fourth-order valence-corrected chi connectivity index (χ4v) is 6.98. The maximum Gasteiger partial charge on any atom is 0.229 e. The number of likely N-dealkylation sites (tertiary alicyclic amines) is 1. The summed E-state index contributed by atoms with van der Waals surface area (Å²) < 4.78 is 26.0. The van der Waals surface area contributed by atoms with Gasteiger partial charge < -0.3 is 5.11 Å². The second-order valence-electron chi connectivity index (χ2n) is 10.2. The third-order valence-electron chi connectivity index (χ3n) is 8.12. The highest BCUT2D eigenvalue weighted by Gasteiger charge is 2.47. The van der Waals surface area contributed by atoms with Crippen LogP contribution in [0.25, 0.3) is 0 Å². The predicted molar refractivity (Wildman–Crippen MR) is 128 cm³/mol. The zero-order valence-corrected chi connectivity index (χ0v) is 19.6. The largest absolute Gasteiger partial charge is 0.378 e. The zero-order valence-electron chi connectivity index (χ0n) is 18.8. The van der Waals surface area contributed by atoms with Crippen LogP contribution in [0.3, 0.4) is 0 Å². The summed E-state index contributed by atoms with van der Waals surface area (Å²) in [6.45, 7) is 0.905. The number of sulfonamides is 1. The molecule has 0 radical (unpaired) electrons. The molecular formula is C26H34N2O3S.